The molecule has 0 aliphatic carbocycles. The summed E-state index contributed by atoms with van der Waals surface area (Å²) in [5.41, 5.74) is 0.357. The molecule has 0 saturated carbocycles. The molecular formula is C19H16FNO4. The first-order chi connectivity index (χ1) is 12.0. The van der Waals surface area contributed by atoms with Gasteiger partial charge in [-0.2, -0.15) is 0 Å². The minimum atomic E-state index is -0.983. The Balaban J connectivity index is 2.17. The second kappa shape index (κ2) is 6.39. The van der Waals surface area contributed by atoms with E-state index in [0.29, 0.717) is 11.3 Å². The minimum absolute atomic E-state index is 0.136. The Hall–Kier alpha value is -3.15. The lowest BCUT2D eigenvalue weighted by Crippen LogP contribution is -2.25. The zero-order valence-electron chi connectivity index (χ0n) is 13.7. The van der Waals surface area contributed by atoms with Gasteiger partial charge in [0.1, 0.15) is 17.3 Å². The van der Waals surface area contributed by atoms with Crippen molar-refractivity contribution in [2.45, 2.75) is 6.04 Å². The van der Waals surface area contributed by atoms with E-state index in [-0.39, 0.29) is 16.9 Å². The highest BCUT2D eigenvalue weighted by atomic mass is 19.1. The maximum Gasteiger partial charge on any atom is 0.295 e. The van der Waals surface area contributed by atoms with Crippen LogP contribution in [0, 0.1) is 5.82 Å². The zero-order valence-corrected chi connectivity index (χ0v) is 13.7. The lowest BCUT2D eigenvalue weighted by Gasteiger charge is -2.21. The van der Waals surface area contributed by atoms with Crippen molar-refractivity contribution in [2.24, 2.45) is 0 Å². The van der Waals surface area contributed by atoms with Crippen LogP contribution in [0.3, 0.4) is 0 Å². The van der Waals surface area contributed by atoms with Crippen LogP contribution in [-0.2, 0) is 9.59 Å². The largest absolute Gasteiger partial charge is 0.507 e. The van der Waals surface area contributed by atoms with Crippen LogP contribution < -0.4 is 4.74 Å². The van der Waals surface area contributed by atoms with Gasteiger partial charge < -0.3 is 14.7 Å². The third kappa shape index (κ3) is 2.76. The molecule has 2 aromatic rings. The molecule has 1 amide bonds. The number of nitrogens with zero attached hydrogens (tertiary/aromatic N) is 1. The second-order valence-corrected chi connectivity index (χ2v) is 5.66. The number of aliphatic hydroxyl groups excluding tert-OH is 1. The normalized spacial score (nSPS) is 19.3. The summed E-state index contributed by atoms with van der Waals surface area (Å²) in [4.78, 5) is 25.7. The first-order valence-corrected chi connectivity index (χ1v) is 7.59. The van der Waals surface area contributed by atoms with E-state index in [4.69, 9.17) is 4.74 Å². The number of ketones is 1. The highest BCUT2D eigenvalue weighted by molar-refractivity contribution is 6.46. The molecule has 1 heterocycles. The fourth-order valence-electron chi connectivity index (χ4n) is 2.91. The molecule has 1 N–H and O–H groups in total. The number of Topliss-reactive ketones (excluding diaryl/α,β-unsaturated/α-hetero) is 1. The van der Waals surface area contributed by atoms with Gasteiger partial charge >= 0.3 is 0 Å². The number of carbonyl (C=O) groups is 2. The van der Waals surface area contributed by atoms with E-state index in [1.807, 2.05) is 0 Å². The standard InChI is InChI=1S/C19H16FNO4/c1-21-16(13-5-3-4-6-14(13)20)15(18(23)19(21)24)17(22)11-7-9-12(25-2)10-8-11/h3-10,16,22H,1-2H3/t16-/m0/s1. The van der Waals surface area contributed by atoms with Crippen LogP contribution in [0.1, 0.15) is 17.2 Å². The van der Waals surface area contributed by atoms with Gasteiger partial charge in [0.25, 0.3) is 11.7 Å². The molecule has 0 unspecified atom stereocenters. The molecule has 2 aromatic carbocycles. The Labute approximate surface area is 144 Å². The summed E-state index contributed by atoms with van der Waals surface area (Å²) in [5.74, 6) is -1.95. The maximum atomic E-state index is 14.2. The number of aliphatic hydroxyl groups is 1. The highest BCUT2D eigenvalue weighted by Gasteiger charge is 2.45. The van der Waals surface area contributed by atoms with E-state index in [1.165, 1.54) is 32.4 Å². The molecule has 3 rings (SSSR count). The smallest absolute Gasteiger partial charge is 0.295 e. The van der Waals surface area contributed by atoms with Gasteiger partial charge in [-0.25, -0.2) is 4.39 Å². The number of hydrogen-bond acceptors (Lipinski definition) is 4. The average molecular weight is 341 g/mol. The summed E-state index contributed by atoms with van der Waals surface area (Å²) in [6.45, 7) is 0. The second-order valence-electron chi connectivity index (χ2n) is 5.66. The molecule has 0 spiro atoms. The Bertz CT molecular complexity index is 873. The predicted molar refractivity (Wildman–Crippen MR) is 89.5 cm³/mol. The molecule has 0 aromatic heterocycles. The number of rotatable bonds is 3. The summed E-state index contributed by atoms with van der Waals surface area (Å²) < 4.78 is 19.3. The van der Waals surface area contributed by atoms with E-state index in [2.05, 4.69) is 0 Å². The topological polar surface area (TPSA) is 66.8 Å². The van der Waals surface area contributed by atoms with E-state index < -0.39 is 23.5 Å². The fourth-order valence-corrected chi connectivity index (χ4v) is 2.91. The van der Waals surface area contributed by atoms with Crippen molar-refractivity contribution in [1.82, 2.24) is 4.90 Å². The van der Waals surface area contributed by atoms with Crippen LogP contribution in [0.5, 0.6) is 5.75 Å². The van der Waals surface area contributed by atoms with Gasteiger partial charge in [0.15, 0.2) is 0 Å². The molecule has 1 saturated heterocycles. The van der Waals surface area contributed by atoms with Crippen LogP contribution in [0.4, 0.5) is 4.39 Å². The quantitative estimate of drug-likeness (QED) is 0.530. The minimum Gasteiger partial charge on any atom is -0.507 e. The number of amides is 1. The van der Waals surface area contributed by atoms with Crippen LogP contribution in [0.2, 0.25) is 0 Å². The Morgan fingerprint density at radius 2 is 1.76 bits per heavy atom. The fraction of sp³-hybridized carbons (Fsp3) is 0.158. The SMILES string of the molecule is COc1ccc(C(O)=C2C(=O)C(=O)N(C)[C@H]2c2ccccc2F)cc1. The van der Waals surface area contributed by atoms with Gasteiger partial charge in [-0.15, -0.1) is 0 Å². The van der Waals surface area contributed by atoms with Crippen molar-refractivity contribution in [3.8, 4) is 5.75 Å². The molecule has 5 nitrogen and oxygen atoms in total. The third-order valence-electron chi connectivity index (χ3n) is 4.24. The Morgan fingerprint density at radius 3 is 2.36 bits per heavy atom. The number of methoxy groups -OCH3 is 1. The summed E-state index contributed by atoms with van der Waals surface area (Å²) in [7, 11) is 2.92. The van der Waals surface area contributed by atoms with Gasteiger partial charge in [0.2, 0.25) is 0 Å². The van der Waals surface area contributed by atoms with Gasteiger partial charge in [-0.1, -0.05) is 18.2 Å². The number of likely N-dealkylation sites (tertiary alicyclic amines) is 1. The van der Waals surface area contributed by atoms with Crippen molar-refractivity contribution in [3.05, 3.63) is 71.0 Å². The predicted octanol–water partition coefficient (Wildman–Crippen LogP) is 2.89. The number of benzene rings is 2. The van der Waals surface area contributed by atoms with E-state index in [1.54, 1.807) is 30.3 Å². The molecule has 1 aliphatic heterocycles. The highest BCUT2D eigenvalue weighted by Crippen LogP contribution is 2.39. The molecule has 0 radical (unpaired) electrons. The van der Waals surface area contributed by atoms with Crippen LogP contribution in [-0.4, -0.2) is 35.9 Å². The van der Waals surface area contributed by atoms with Crippen LogP contribution >= 0.6 is 0 Å². The van der Waals surface area contributed by atoms with Crippen molar-refractivity contribution in [3.63, 3.8) is 0 Å². The van der Waals surface area contributed by atoms with Crippen molar-refractivity contribution in [2.75, 3.05) is 14.2 Å². The molecule has 0 bridgehead atoms. The Kier molecular flexibility index (Phi) is 4.27. The van der Waals surface area contributed by atoms with Crippen molar-refractivity contribution < 1.29 is 23.8 Å². The van der Waals surface area contributed by atoms with Gasteiger partial charge in [-0.05, 0) is 30.3 Å². The van der Waals surface area contributed by atoms with Gasteiger partial charge in [-0.3, -0.25) is 9.59 Å². The molecule has 1 atom stereocenters. The first-order valence-electron chi connectivity index (χ1n) is 7.59. The zero-order chi connectivity index (χ0) is 18.1. The van der Waals surface area contributed by atoms with Crippen LogP contribution in [0.25, 0.3) is 5.76 Å². The number of hydrogen-bond donors (Lipinski definition) is 1. The number of halogens is 1. The monoisotopic (exact) mass is 341 g/mol. The lowest BCUT2D eigenvalue weighted by atomic mass is 9.95. The molecule has 6 heteroatoms. The average Bonchev–Trinajstić information content (AvgIpc) is 2.86. The van der Waals surface area contributed by atoms with Gasteiger partial charge in [0.05, 0.1) is 18.7 Å². The number of carbonyl (C=O) groups excluding carboxylic acids is 2. The van der Waals surface area contributed by atoms with Crippen molar-refractivity contribution in [1.29, 1.82) is 0 Å². The summed E-state index contributed by atoms with van der Waals surface area (Å²) in [5, 5.41) is 10.6. The van der Waals surface area contributed by atoms with Crippen LogP contribution in [0.15, 0.2) is 54.1 Å². The molecule has 25 heavy (non-hydrogen) atoms. The number of ether oxygens (including phenoxy) is 1. The molecule has 128 valence electrons. The first kappa shape index (κ1) is 16.7. The summed E-state index contributed by atoms with van der Waals surface area (Å²) in [6.07, 6.45) is 0. The molecular weight excluding hydrogens is 325 g/mol. The lowest BCUT2D eigenvalue weighted by molar-refractivity contribution is -0.139. The van der Waals surface area contributed by atoms with Crippen molar-refractivity contribution >= 4 is 17.4 Å². The van der Waals surface area contributed by atoms with E-state index >= 15 is 0 Å². The summed E-state index contributed by atoms with van der Waals surface area (Å²) in [6, 6.07) is 11.3. The van der Waals surface area contributed by atoms with E-state index in [9.17, 15) is 19.1 Å². The summed E-state index contributed by atoms with van der Waals surface area (Å²) >= 11 is 0. The molecule has 1 fully saturated rings. The number of likely N-dealkylation sites (N-methyl/N-ethyl adjacent to an activating group) is 1. The third-order valence-corrected chi connectivity index (χ3v) is 4.24. The molecule has 1 aliphatic rings. The maximum absolute atomic E-state index is 14.2. The van der Waals surface area contributed by atoms with E-state index in [0.717, 1.165) is 4.90 Å². The van der Waals surface area contributed by atoms with Gasteiger partial charge in [0, 0.05) is 18.2 Å². The Morgan fingerprint density at radius 1 is 1.12 bits per heavy atom.